The second-order valence-electron chi connectivity index (χ2n) is 5.17. The largest absolute Gasteiger partial charge is 0.478 e. The maximum absolute atomic E-state index is 11.7. The molecule has 1 N–H and O–H groups in total. The molecule has 0 spiro atoms. The van der Waals surface area contributed by atoms with Crippen molar-refractivity contribution in [2.75, 3.05) is 6.61 Å². The summed E-state index contributed by atoms with van der Waals surface area (Å²) in [5.74, 6) is -0.796. The Morgan fingerprint density at radius 3 is 2.52 bits per heavy atom. The minimum atomic E-state index is -0.876. The molecule has 0 aliphatic carbocycles. The maximum Gasteiger partial charge on any atom is 0.338 e. The molecule has 0 amide bonds. The van der Waals surface area contributed by atoms with Gasteiger partial charge in [0, 0.05) is 5.57 Å². The van der Waals surface area contributed by atoms with Crippen molar-refractivity contribution >= 4 is 11.9 Å². The quantitative estimate of drug-likeness (QED) is 0.586. The number of aliphatic carboxylic acids is 1. The molecule has 1 rings (SSSR count). The highest BCUT2D eigenvalue weighted by atomic mass is 16.5. The van der Waals surface area contributed by atoms with Gasteiger partial charge in [-0.05, 0) is 44.2 Å². The predicted molar refractivity (Wildman–Crippen MR) is 81.1 cm³/mol. The van der Waals surface area contributed by atoms with Crippen molar-refractivity contribution in [1.29, 1.82) is 0 Å². The van der Waals surface area contributed by atoms with Crippen LogP contribution in [-0.2, 0) is 9.53 Å². The molecule has 0 fully saturated rings. The van der Waals surface area contributed by atoms with Crippen LogP contribution in [0, 0.1) is 5.92 Å². The molecule has 1 aromatic carbocycles. The Morgan fingerprint density at radius 2 is 1.90 bits per heavy atom. The normalized spacial score (nSPS) is 12.8. The van der Waals surface area contributed by atoms with E-state index in [1.54, 1.807) is 37.3 Å². The summed E-state index contributed by atoms with van der Waals surface area (Å²) in [4.78, 5) is 22.3. The number of hydrogen-bond acceptors (Lipinski definition) is 3. The molecule has 0 saturated heterocycles. The fourth-order valence-corrected chi connectivity index (χ4v) is 1.83. The number of rotatable bonds is 8. The van der Waals surface area contributed by atoms with Gasteiger partial charge in [0.15, 0.2) is 0 Å². The van der Waals surface area contributed by atoms with Crippen LogP contribution in [0.3, 0.4) is 0 Å². The fraction of sp³-hybridized carbons (Fsp3) is 0.412. The molecule has 21 heavy (non-hydrogen) atoms. The molecule has 0 bridgehead atoms. The highest BCUT2D eigenvalue weighted by Gasteiger charge is 2.08. The van der Waals surface area contributed by atoms with Gasteiger partial charge < -0.3 is 9.84 Å². The first-order valence-corrected chi connectivity index (χ1v) is 7.13. The Bertz CT molecular complexity index is 491. The summed E-state index contributed by atoms with van der Waals surface area (Å²) in [5, 5.41) is 8.73. The number of allylic oxidation sites excluding steroid dienone is 1. The van der Waals surface area contributed by atoms with Crippen LogP contribution in [0.1, 0.15) is 43.5 Å². The van der Waals surface area contributed by atoms with Gasteiger partial charge in [-0.2, -0.15) is 0 Å². The molecule has 0 unspecified atom stereocenters. The number of hydrogen-bond donors (Lipinski definition) is 1. The van der Waals surface area contributed by atoms with E-state index < -0.39 is 5.97 Å². The zero-order valence-electron chi connectivity index (χ0n) is 12.5. The van der Waals surface area contributed by atoms with Crippen LogP contribution in [0.15, 0.2) is 42.0 Å². The van der Waals surface area contributed by atoms with Gasteiger partial charge in [0.2, 0.25) is 0 Å². The lowest BCUT2D eigenvalue weighted by Gasteiger charge is -2.10. The lowest BCUT2D eigenvalue weighted by Crippen LogP contribution is -2.09. The van der Waals surface area contributed by atoms with Gasteiger partial charge in [-0.15, -0.1) is 0 Å². The van der Waals surface area contributed by atoms with E-state index in [0.717, 1.165) is 19.3 Å². The van der Waals surface area contributed by atoms with Crippen LogP contribution in [0.5, 0.6) is 0 Å². The monoisotopic (exact) mass is 290 g/mol. The molecule has 0 aliphatic heterocycles. The Labute approximate surface area is 125 Å². The van der Waals surface area contributed by atoms with Gasteiger partial charge >= 0.3 is 11.9 Å². The molecule has 0 saturated carbocycles. The van der Waals surface area contributed by atoms with Crippen LogP contribution in [-0.4, -0.2) is 23.7 Å². The van der Waals surface area contributed by atoms with Crippen molar-refractivity contribution < 1.29 is 19.4 Å². The highest BCUT2D eigenvalue weighted by molar-refractivity contribution is 5.89. The van der Waals surface area contributed by atoms with Gasteiger partial charge in [-0.25, -0.2) is 9.59 Å². The topological polar surface area (TPSA) is 63.6 Å². The van der Waals surface area contributed by atoms with E-state index in [4.69, 9.17) is 9.84 Å². The first-order valence-electron chi connectivity index (χ1n) is 7.13. The zero-order valence-corrected chi connectivity index (χ0v) is 12.5. The third-order valence-corrected chi connectivity index (χ3v) is 3.30. The molecule has 1 aromatic rings. The summed E-state index contributed by atoms with van der Waals surface area (Å²) in [6.45, 7) is 4.05. The minimum absolute atomic E-state index is 0.301. The van der Waals surface area contributed by atoms with Gasteiger partial charge in [-0.1, -0.05) is 31.2 Å². The molecule has 0 aromatic heterocycles. The summed E-state index contributed by atoms with van der Waals surface area (Å²) >= 11 is 0. The molecule has 4 heteroatoms. The second-order valence-corrected chi connectivity index (χ2v) is 5.17. The molecular weight excluding hydrogens is 268 g/mol. The van der Waals surface area contributed by atoms with Crippen molar-refractivity contribution in [2.24, 2.45) is 5.92 Å². The summed E-state index contributed by atoms with van der Waals surface area (Å²) in [7, 11) is 0. The number of benzene rings is 1. The number of carbonyl (C=O) groups excluding carboxylic acids is 1. The lowest BCUT2D eigenvalue weighted by atomic mass is 10.0. The predicted octanol–water partition coefficient (Wildman–Crippen LogP) is 3.68. The van der Waals surface area contributed by atoms with Crippen molar-refractivity contribution in [1.82, 2.24) is 0 Å². The number of esters is 1. The van der Waals surface area contributed by atoms with E-state index in [0.29, 0.717) is 23.7 Å². The van der Waals surface area contributed by atoms with Gasteiger partial charge in [0.25, 0.3) is 0 Å². The summed E-state index contributed by atoms with van der Waals surface area (Å²) in [6, 6.07) is 8.91. The zero-order chi connectivity index (χ0) is 15.7. The van der Waals surface area contributed by atoms with Crippen LogP contribution >= 0.6 is 0 Å². The molecule has 0 aliphatic rings. The highest BCUT2D eigenvalue weighted by Crippen LogP contribution is 2.12. The first-order chi connectivity index (χ1) is 10.0. The van der Waals surface area contributed by atoms with E-state index in [2.05, 4.69) is 6.92 Å². The van der Waals surface area contributed by atoms with Gasteiger partial charge in [0.1, 0.15) is 0 Å². The number of ether oxygens (including phenoxy) is 1. The number of carboxylic acids is 1. The SMILES string of the molecule is C/C(=C\CC[C@H](C)CCOC(=O)c1ccccc1)C(=O)O. The van der Waals surface area contributed by atoms with Crippen LogP contribution in [0.2, 0.25) is 0 Å². The minimum Gasteiger partial charge on any atom is -0.478 e. The Morgan fingerprint density at radius 1 is 1.24 bits per heavy atom. The third-order valence-electron chi connectivity index (χ3n) is 3.30. The average molecular weight is 290 g/mol. The van der Waals surface area contributed by atoms with Crippen molar-refractivity contribution in [3.8, 4) is 0 Å². The van der Waals surface area contributed by atoms with Gasteiger partial charge in [-0.3, -0.25) is 0 Å². The smallest absolute Gasteiger partial charge is 0.338 e. The maximum atomic E-state index is 11.7. The van der Waals surface area contributed by atoms with Crippen LogP contribution < -0.4 is 0 Å². The summed E-state index contributed by atoms with van der Waals surface area (Å²) < 4.78 is 5.22. The standard InChI is InChI=1S/C17H22O4/c1-13(7-6-8-14(2)16(18)19)11-12-21-17(20)15-9-4-3-5-10-15/h3-5,8-10,13H,6-7,11-12H2,1-2H3,(H,18,19)/b14-8+/t13-/m0/s1. The van der Waals surface area contributed by atoms with Crippen molar-refractivity contribution in [3.63, 3.8) is 0 Å². The molecule has 1 atom stereocenters. The fourth-order valence-electron chi connectivity index (χ4n) is 1.83. The lowest BCUT2D eigenvalue weighted by molar-refractivity contribution is -0.132. The third kappa shape index (κ3) is 6.75. The number of carbonyl (C=O) groups is 2. The molecular formula is C17H22O4. The van der Waals surface area contributed by atoms with Crippen molar-refractivity contribution in [2.45, 2.75) is 33.1 Å². The van der Waals surface area contributed by atoms with Gasteiger partial charge in [0.05, 0.1) is 12.2 Å². The molecule has 0 heterocycles. The van der Waals surface area contributed by atoms with E-state index in [1.807, 2.05) is 6.07 Å². The molecule has 0 radical (unpaired) electrons. The molecule has 4 nitrogen and oxygen atoms in total. The Hall–Kier alpha value is -2.10. The Kier molecular flexibility index (Phi) is 7.23. The Balaban J connectivity index is 2.22. The second kappa shape index (κ2) is 8.95. The number of carboxylic acid groups (broad SMARTS) is 1. The average Bonchev–Trinajstić information content (AvgIpc) is 2.47. The van der Waals surface area contributed by atoms with E-state index >= 15 is 0 Å². The summed E-state index contributed by atoms with van der Waals surface area (Å²) in [5.41, 5.74) is 0.933. The van der Waals surface area contributed by atoms with E-state index in [9.17, 15) is 9.59 Å². The van der Waals surface area contributed by atoms with E-state index in [-0.39, 0.29) is 5.97 Å². The van der Waals surface area contributed by atoms with Crippen LogP contribution in [0.4, 0.5) is 0 Å². The first kappa shape index (κ1) is 17.0. The summed E-state index contributed by atoms with van der Waals surface area (Å²) in [6.07, 6.45) is 4.12. The van der Waals surface area contributed by atoms with E-state index in [1.165, 1.54) is 0 Å². The van der Waals surface area contributed by atoms with Crippen LogP contribution in [0.25, 0.3) is 0 Å². The molecule has 114 valence electrons. The van der Waals surface area contributed by atoms with Crippen molar-refractivity contribution in [3.05, 3.63) is 47.5 Å².